The van der Waals surface area contributed by atoms with Gasteiger partial charge in [0, 0.05) is 0 Å². The van der Waals surface area contributed by atoms with Crippen LogP contribution in [0.2, 0.25) is 0 Å². The fourth-order valence-electron chi connectivity index (χ4n) is 2.43. The molecular formula is C11H14N6O4S. The number of nitrogen functional groups attached to an aromatic ring is 1. The predicted molar refractivity (Wildman–Crippen MR) is 78.6 cm³/mol. The molecule has 2 aromatic rings. The van der Waals surface area contributed by atoms with Crippen molar-refractivity contribution in [3.63, 3.8) is 0 Å². The normalized spacial score (nSPS) is 28.3. The van der Waals surface area contributed by atoms with Crippen molar-refractivity contribution in [2.45, 2.75) is 24.5 Å². The quantitative estimate of drug-likeness (QED) is 0.385. The topological polar surface area (TPSA) is 166 Å². The lowest BCUT2D eigenvalue weighted by Gasteiger charge is -2.15. The molecule has 11 heteroatoms. The molecular weight excluding hydrogens is 312 g/mol. The van der Waals surface area contributed by atoms with Gasteiger partial charge in [0.25, 0.3) is 0 Å². The lowest BCUT2D eigenvalue weighted by Crippen LogP contribution is -2.33. The van der Waals surface area contributed by atoms with Crippen LogP contribution >= 0.6 is 12.2 Å². The van der Waals surface area contributed by atoms with Gasteiger partial charge in [-0.1, -0.05) is 12.2 Å². The van der Waals surface area contributed by atoms with Gasteiger partial charge in [0.15, 0.2) is 11.9 Å². The molecule has 0 radical (unpaired) electrons. The Hall–Kier alpha value is -1.92. The molecule has 1 aliphatic rings. The molecule has 0 bridgehead atoms. The minimum Gasteiger partial charge on any atom is -0.394 e. The summed E-state index contributed by atoms with van der Waals surface area (Å²) in [6.07, 6.45) is -3.35. The van der Waals surface area contributed by atoms with Crippen molar-refractivity contribution in [1.29, 1.82) is 0 Å². The zero-order valence-electron chi connectivity index (χ0n) is 11.2. The fourth-order valence-corrected chi connectivity index (χ4v) is 2.57. The molecule has 0 unspecified atom stereocenters. The van der Waals surface area contributed by atoms with Gasteiger partial charge >= 0.3 is 0 Å². The van der Waals surface area contributed by atoms with Crippen LogP contribution < -0.4 is 11.5 Å². The maximum absolute atomic E-state index is 10.1. The predicted octanol–water partition coefficient (Wildman–Crippen LogP) is -2.35. The van der Waals surface area contributed by atoms with E-state index < -0.39 is 31.1 Å². The largest absolute Gasteiger partial charge is 0.394 e. The number of anilines is 1. The first-order valence-corrected chi connectivity index (χ1v) is 6.77. The SMILES string of the molecule is NC(=S)c1nn([C@@H]2O[C@H](CO)[C@@H](O)[C@H]2O)c2ncnc(N)c12. The number of aliphatic hydroxyl groups is 3. The number of fused-ring (bicyclic) bond motifs is 1. The van der Waals surface area contributed by atoms with Crippen molar-refractivity contribution in [2.24, 2.45) is 5.73 Å². The molecule has 0 aromatic carbocycles. The van der Waals surface area contributed by atoms with Crippen LogP contribution in [-0.4, -0.2) is 65.0 Å². The number of hydrogen-bond donors (Lipinski definition) is 5. The van der Waals surface area contributed by atoms with Gasteiger partial charge in [-0.2, -0.15) is 5.10 Å². The molecule has 3 heterocycles. The highest BCUT2D eigenvalue weighted by molar-refractivity contribution is 7.80. The average Bonchev–Trinajstić information content (AvgIpc) is 3.00. The fraction of sp³-hybridized carbons (Fsp3) is 0.455. The monoisotopic (exact) mass is 326 g/mol. The van der Waals surface area contributed by atoms with Gasteiger partial charge in [0.1, 0.15) is 41.1 Å². The first kappa shape index (κ1) is 15.0. The van der Waals surface area contributed by atoms with Gasteiger partial charge in [0.05, 0.1) is 12.0 Å². The maximum Gasteiger partial charge on any atom is 0.181 e. The summed E-state index contributed by atoms with van der Waals surface area (Å²) in [5.41, 5.74) is 11.9. The van der Waals surface area contributed by atoms with Crippen LogP contribution in [-0.2, 0) is 4.74 Å². The van der Waals surface area contributed by atoms with Gasteiger partial charge < -0.3 is 31.5 Å². The van der Waals surface area contributed by atoms with Crippen molar-refractivity contribution in [1.82, 2.24) is 19.7 Å². The van der Waals surface area contributed by atoms with E-state index in [1.807, 2.05) is 0 Å². The Morgan fingerprint density at radius 3 is 2.68 bits per heavy atom. The third-order valence-electron chi connectivity index (χ3n) is 3.51. The Labute approximate surface area is 129 Å². The Balaban J connectivity index is 2.16. The molecule has 1 saturated heterocycles. The zero-order valence-corrected chi connectivity index (χ0v) is 12.0. The highest BCUT2D eigenvalue weighted by atomic mass is 32.1. The Bertz CT molecular complexity index is 737. The number of nitrogens with zero attached hydrogens (tertiary/aromatic N) is 4. The highest BCUT2D eigenvalue weighted by Gasteiger charge is 2.44. The Kier molecular flexibility index (Phi) is 3.66. The molecule has 0 amide bonds. The Morgan fingerprint density at radius 2 is 2.09 bits per heavy atom. The molecule has 2 aromatic heterocycles. The molecule has 22 heavy (non-hydrogen) atoms. The van der Waals surface area contributed by atoms with Gasteiger partial charge in [-0.15, -0.1) is 0 Å². The van der Waals surface area contributed by atoms with Gasteiger partial charge in [-0.25, -0.2) is 14.6 Å². The summed E-state index contributed by atoms with van der Waals surface area (Å²) in [5, 5.41) is 33.6. The number of rotatable bonds is 3. The second kappa shape index (κ2) is 5.37. The molecule has 118 valence electrons. The molecule has 0 saturated carbocycles. The maximum atomic E-state index is 10.1. The van der Waals surface area contributed by atoms with Crippen molar-refractivity contribution in [3.8, 4) is 0 Å². The summed E-state index contributed by atoms with van der Waals surface area (Å²) in [4.78, 5) is 7.90. The third kappa shape index (κ3) is 2.10. The summed E-state index contributed by atoms with van der Waals surface area (Å²) in [6, 6.07) is 0. The van der Waals surface area contributed by atoms with E-state index in [1.165, 1.54) is 11.0 Å². The molecule has 10 nitrogen and oxygen atoms in total. The molecule has 1 fully saturated rings. The van der Waals surface area contributed by atoms with Crippen LogP contribution in [0, 0.1) is 0 Å². The number of aromatic nitrogens is 4. The van der Waals surface area contributed by atoms with Crippen molar-refractivity contribution < 1.29 is 20.1 Å². The second-order valence-corrected chi connectivity index (χ2v) is 5.28. The van der Waals surface area contributed by atoms with Crippen LogP contribution in [0.4, 0.5) is 5.82 Å². The Morgan fingerprint density at radius 1 is 1.36 bits per heavy atom. The summed E-state index contributed by atoms with van der Waals surface area (Å²) in [5.74, 6) is 0.130. The first-order valence-electron chi connectivity index (χ1n) is 6.36. The van der Waals surface area contributed by atoms with E-state index in [0.29, 0.717) is 5.39 Å². The summed E-state index contributed by atoms with van der Waals surface area (Å²) >= 11 is 4.93. The smallest absolute Gasteiger partial charge is 0.181 e. The first-order chi connectivity index (χ1) is 10.5. The van der Waals surface area contributed by atoms with E-state index in [0.717, 1.165) is 0 Å². The lowest BCUT2D eigenvalue weighted by molar-refractivity contribution is -0.0566. The molecule has 7 N–H and O–H groups in total. The van der Waals surface area contributed by atoms with Crippen LogP contribution in [0.3, 0.4) is 0 Å². The number of ether oxygens (including phenoxy) is 1. The standard InChI is InChI=1S/C11H14N6O4S/c12-8-4-5(9(13)22)16-17(10(4)15-2-14-8)11-7(20)6(19)3(1-18)21-11/h2-3,6-7,11,18-20H,1H2,(H2,13,22)(H2,12,14,15)/t3-,6-,7-,11-/m1/s1. The third-order valence-corrected chi connectivity index (χ3v) is 3.70. The molecule has 4 atom stereocenters. The van der Waals surface area contributed by atoms with E-state index in [4.69, 9.17) is 33.5 Å². The van der Waals surface area contributed by atoms with Crippen LogP contribution in [0.1, 0.15) is 11.9 Å². The average molecular weight is 326 g/mol. The van der Waals surface area contributed by atoms with E-state index in [9.17, 15) is 10.2 Å². The number of thiocarbonyl (C=S) groups is 1. The molecule has 0 aliphatic carbocycles. The van der Waals surface area contributed by atoms with E-state index in [-0.39, 0.29) is 22.1 Å². The summed E-state index contributed by atoms with van der Waals surface area (Å²) < 4.78 is 6.65. The zero-order chi connectivity index (χ0) is 16.0. The minimum absolute atomic E-state index is 0.0167. The number of hydrogen-bond acceptors (Lipinski definition) is 9. The van der Waals surface area contributed by atoms with E-state index >= 15 is 0 Å². The van der Waals surface area contributed by atoms with Crippen LogP contribution in [0.15, 0.2) is 6.33 Å². The molecule has 1 aliphatic heterocycles. The van der Waals surface area contributed by atoms with Crippen molar-refractivity contribution >= 4 is 34.1 Å². The van der Waals surface area contributed by atoms with Gasteiger partial charge in [-0.3, -0.25) is 0 Å². The molecule has 0 spiro atoms. The summed E-state index contributed by atoms with van der Waals surface area (Å²) in [7, 11) is 0. The minimum atomic E-state index is -1.31. The van der Waals surface area contributed by atoms with Gasteiger partial charge in [0.2, 0.25) is 0 Å². The van der Waals surface area contributed by atoms with E-state index in [2.05, 4.69) is 15.1 Å². The van der Waals surface area contributed by atoms with Crippen molar-refractivity contribution in [3.05, 3.63) is 12.0 Å². The van der Waals surface area contributed by atoms with Gasteiger partial charge in [-0.05, 0) is 0 Å². The van der Waals surface area contributed by atoms with Crippen LogP contribution in [0.25, 0.3) is 11.0 Å². The highest BCUT2D eigenvalue weighted by Crippen LogP contribution is 2.32. The van der Waals surface area contributed by atoms with E-state index in [1.54, 1.807) is 0 Å². The van der Waals surface area contributed by atoms with Crippen LogP contribution in [0.5, 0.6) is 0 Å². The second-order valence-electron chi connectivity index (χ2n) is 4.84. The number of aliphatic hydroxyl groups excluding tert-OH is 3. The lowest BCUT2D eigenvalue weighted by atomic mass is 10.1. The van der Waals surface area contributed by atoms with Crippen molar-refractivity contribution in [2.75, 3.05) is 12.3 Å². The summed E-state index contributed by atoms with van der Waals surface area (Å²) in [6.45, 7) is -0.451. The number of nitrogens with two attached hydrogens (primary N) is 2. The molecule has 3 rings (SSSR count).